The van der Waals surface area contributed by atoms with Crippen LogP contribution < -0.4 is 0 Å². The van der Waals surface area contributed by atoms with Gasteiger partial charge in [-0.05, 0) is 18.9 Å². The molecule has 1 heterocycles. The fourth-order valence-corrected chi connectivity index (χ4v) is 3.37. The summed E-state index contributed by atoms with van der Waals surface area (Å²) in [6, 6.07) is 10.5. The van der Waals surface area contributed by atoms with Crippen LogP contribution in [-0.2, 0) is 17.8 Å². The number of thiazole rings is 1. The van der Waals surface area contributed by atoms with Gasteiger partial charge < -0.3 is 9.84 Å². The molecule has 1 aromatic carbocycles. The van der Waals surface area contributed by atoms with Gasteiger partial charge in [-0.15, -0.1) is 11.3 Å². The number of aromatic nitrogens is 1. The van der Waals surface area contributed by atoms with E-state index >= 15 is 0 Å². The summed E-state index contributed by atoms with van der Waals surface area (Å²) < 4.78 is 5.33. The molecule has 0 saturated heterocycles. The summed E-state index contributed by atoms with van der Waals surface area (Å²) >= 11 is 1.63. The summed E-state index contributed by atoms with van der Waals surface area (Å²) in [4.78, 5) is 6.98. The first kappa shape index (κ1) is 18.1. The number of nitrogens with zero attached hydrogens (tertiary/aromatic N) is 2. The van der Waals surface area contributed by atoms with Crippen molar-refractivity contribution in [1.82, 2.24) is 9.88 Å². The fourth-order valence-electron chi connectivity index (χ4n) is 2.53. The molecule has 2 atom stereocenters. The van der Waals surface area contributed by atoms with Gasteiger partial charge in [0.25, 0.3) is 0 Å². The summed E-state index contributed by atoms with van der Waals surface area (Å²) in [5.41, 5.74) is 2.29. The zero-order valence-corrected chi connectivity index (χ0v) is 14.9. The summed E-state index contributed by atoms with van der Waals surface area (Å²) in [6.45, 7) is 5.83. The predicted molar refractivity (Wildman–Crippen MR) is 94.4 cm³/mol. The van der Waals surface area contributed by atoms with Crippen LogP contribution in [-0.4, -0.2) is 34.7 Å². The lowest BCUT2D eigenvalue weighted by Crippen LogP contribution is -2.36. The number of hydrogen-bond donors (Lipinski definition) is 1. The number of benzene rings is 1. The number of aliphatic hydroxyl groups is 1. The van der Waals surface area contributed by atoms with E-state index in [4.69, 9.17) is 4.74 Å². The minimum Gasteiger partial charge on any atom is -0.395 e. The first-order valence-corrected chi connectivity index (χ1v) is 8.91. The minimum absolute atomic E-state index is 0.0242. The molecule has 0 bridgehead atoms. The molecule has 23 heavy (non-hydrogen) atoms. The Morgan fingerprint density at radius 2 is 2.00 bits per heavy atom. The third-order valence-electron chi connectivity index (χ3n) is 4.06. The topological polar surface area (TPSA) is 45.6 Å². The van der Waals surface area contributed by atoms with E-state index in [-0.39, 0.29) is 18.8 Å². The standard InChI is InChI=1S/C18H26N2O2S/c1-4-17(12-21)20(10-15-8-6-5-7-9-15)11-16-13-23-18(19-16)14(2)22-3/h5-9,13-14,17,21H,4,10-12H2,1-3H3/t14-,17+/m1/s1. The Morgan fingerprint density at radius 1 is 1.26 bits per heavy atom. The third kappa shape index (κ3) is 5.11. The van der Waals surface area contributed by atoms with Crippen molar-refractivity contribution < 1.29 is 9.84 Å². The van der Waals surface area contributed by atoms with E-state index in [1.807, 2.05) is 13.0 Å². The van der Waals surface area contributed by atoms with E-state index in [2.05, 4.69) is 46.5 Å². The predicted octanol–water partition coefficient (Wildman–Crippen LogP) is 3.62. The Hall–Kier alpha value is -1.27. The summed E-state index contributed by atoms with van der Waals surface area (Å²) in [5.74, 6) is 0. The van der Waals surface area contributed by atoms with Crippen molar-refractivity contribution in [3.05, 3.63) is 52.0 Å². The van der Waals surface area contributed by atoms with Crippen LogP contribution in [0.15, 0.2) is 35.7 Å². The van der Waals surface area contributed by atoms with Crippen LogP contribution in [0.2, 0.25) is 0 Å². The van der Waals surface area contributed by atoms with Gasteiger partial charge in [0.2, 0.25) is 0 Å². The normalized spacial score (nSPS) is 14.1. The van der Waals surface area contributed by atoms with Crippen molar-refractivity contribution in [2.45, 2.75) is 45.5 Å². The van der Waals surface area contributed by atoms with Crippen LogP contribution in [0, 0.1) is 0 Å². The summed E-state index contributed by atoms with van der Waals surface area (Å²) in [5, 5.41) is 12.8. The molecule has 1 N–H and O–H groups in total. The van der Waals surface area contributed by atoms with Crippen molar-refractivity contribution in [2.75, 3.05) is 13.7 Å². The van der Waals surface area contributed by atoms with Crippen molar-refractivity contribution in [2.24, 2.45) is 0 Å². The van der Waals surface area contributed by atoms with Gasteiger partial charge in [0, 0.05) is 31.6 Å². The number of hydrogen-bond acceptors (Lipinski definition) is 5. The molecule has 0 radical (unpaired) electrons. The molecule has 0 aliphatic carbocycles. The molecule has 0 aliphatic rings. The first-order valence-electron chi connectivity index (χ1n) is 8.03. The highest BCUT2D eigenvalue weighted by Gasteiger charge is 2.19. The second-order valence-corrected chi connectivity index (χ2v) is 6.58. The van der Waals surface area contributed by atoms with Crippen molar-refractivity contribution in [1.29, 1.82) is 0 Å². The Bertz CT molecular complexity index is 569. The molecule has 1 aromatic heterocycles. The van der Waals surface area contributed by atoms with Gasteiger partial charge in [-0.2, -0.15) is 0 Å². The van der Waals surface area contributed by atoms with Crippen LogP contribution in [0.4, 0.5) is 0 Å². The third-order valence-corrected chi connectivity index (χ3v) is 5.12. The maximum absolute atomic E-state index is 9.70. The molecule has 0 unspecified atom stereocenters. The molecule has 126 valence electrons. The van der Waals surface area contributed by atoms with Crippen LogP contribution in [0.25, 0.3) is 0 Å². The number of ether oxygens (including phenoxy) is 1. The molecule has 0 spiro atoms. The Morgan fingerprint density at radius 3 is 2.61 bits per heavy atom. The van der Waals surface area contributed by atoms with Crippen molar-refractivity contribution in [3.63, 3.8) is 0 Å². The van der Waals surface area contributed by atoms with Gasteiger partial charge in [0.15, 0.2) is 0 Å². The molecule has 4 nitrogen and oxygen atoms in total. The molecule has 0 saturated carbocycles. The Kier molecular flexibility index (Phi) is 7.17. The molecule has 2 rings (SSSR count). The second-order valence-electron chi connectivity index (χ2n) is 5.69. The van der Waals surface area contributed by atoms with Gasteiger partial charge >= 0.3 is 0 Å². The average Bonchev–Trinajstić information content (AvgIpc) is 3.04. The first-order chi connectivity index (χ1) is 11.2. The highest BCUT2D eigenvalue weighted by atomic mass is 32.1. The number of aliphatic hydroxyl groups excluding tert-OH is 1. The Balaban J connectivity index is 2.12. The summed E-state index contributed by atoms with van der Waals surface area (Å²) in [6.07, 6.45) is 0.936. The van der Waals surface area contributed by atoms with E-state index in [1.54, 1.807) is 18.4 Å². The van der Waals surface area contributed by atoms with Gasteiger partial charge in [-0.1, -0.05) is 37.3 Å². The van der Waals surface area contributed by atoms with Crippen LogP contribution in [0.1, 0.15) is 42.6 Å². The Labute approximate surface area is 142 Å². The SMILES string of the molecule is CC[C@@H](CO)N(Cc1ccccc1)Cc1csc([C@@H](C)OC)n1. The van der Waals surface area contributed by atoms with Gasteiger partial charge in [-0.3, -0.25) is 4.90 Å². The van der Waals surface area contributed by atoms with Crippen molar-refractivity contribution in [3.8, 4) is 0 Å². The minimum atomic E-state index is 0.0242. The maximum Gasteiger partial charge on any atom is 0.122 e. The summed E-state index contributed by atoms with van der Waals surface area (Å²) in [7, 11) is 1.70. The van der Waals surface area contributed by atoms with E-state index in [9.17, 15) is 5.11 Å². The molecule has 2 aromatic rings. The average molecular weight is 334 g/mol. The van der Waals surface area contributed by atoms with Gasteiger partial charge in [-0.25, -0.2) is 4.98 Å². The van der Waals surface area contributed by atoms with E-state index in [0.717, 1.165) is 30.2 Å². The molecular weight excluding hydrogens is 308 g/mol. The quantitative estimate of drug-likeness (QED) is 0.761. The maximum atomic E-state index is 9.70. The van der Waals surface area contributed by atoms with Gasteiger partial charge in [0.1, 0.15) is 11.1 Å². The number of rotatable bonds is 9. The lowest BCUT2D eigenvalue weighted by molar-refractivity contribution is 0.104. The van der Waals surface area contributed by atoms with Crippen LogP contribution in [0.3, 0.4) is 0 Å². The zero-order valence-electron chi connectivity index (χ0n) is 14.1. The monoisotopic (exact) mass is 334 g/mol. The van der Waals surface area contributed by atoms with Gasteiger partial charge in [0.05, 0.1) is 12.3 Å². The highest BCUT2D eigenvalue weighted by molar-refractivity contribution is 7.09. The van der Waals surface area contributed by atoms with E-state index < -0.39 is 0 Å². The highest BCUT2D eigenvalue weighted by Crippen LogP contribution is 2.22. The fraction of sp³-hybridized carbons (Fsp3) is 0.500. The lowest BCUT2D eigenvalue weighted by Gasteiger charge is -2.29. The van der Waals surface area contributed by atoms with E-state index in [0.29, 0.717) is 0 Å². The largest absolute Gasteiger partial charge is 0.395 e. The van der Waals surface area contributed by atoms with Crippen molar-refractivity contribution >= 4 is 11.3 Å². The van der Waals surface area contributed by atoms with Crippen LogP contribution >= 0.6 is 11.3 Å². The number of methoxy groups -OCH3 is 1. The van der Waals surface area contributed by atoms with Crippen LogP contribution in [0.5, 0.6) is 0 Å². The van der Waals surface area contributed by atoms with E-state index in [1.165, 1.54) is 5.56 Å². The molecule has 5 heteroatoms. The molecular formula is C18H26N2O2S. The lowest BCUT2D eigenvalue weighted by atomic mass is 10.1. The molecule has 0 amide bonds. The zero-order chi connectivity index (χ0) is 16.7. The molecule has 0 fully saturated rings. The smallest absolute Gasteiger partial charge is 0.122 e. The second kappa shape index (κ2) is 9.13. The molecule has 0 aliphatic heterocycles.